The second kappa shape index (κ2) is 8.79. The standard InChI is InChI=1S/C21H25NO3/c23-20(22-13-16-25-17-18-7-3-1-4-8-18)21(11-14-24-15-12-21)19-9-5-2-6-10-19/h1-10H,11-17H2,(H,22,23). The Morgan fingerprint density at radius 3 is 2.32 bits per heavy atom. The van der Waals surface area contributed by atoms with Gasteiger partial charge in [-0.05, 0) is 24.0 Å². The molecule has 1 aliphatic heterocycles. The van der Waals surface area contributed by atoms with Gasteiger partial charge in [-0.15, -0.1) is 0 Å². The molecule has 1 fully saturated rings. The molecule has 0 unspecified atom stereocenters. The first-order valence-corrected chi connectivity index (χ1v) is 8.84. The second-order valence-corrected chi connectivity index (χ2v) is 6.35. The molecule has 1 amide bonds. The second-order valence-electron chi connectivity index (χ2n) is 6.35. The summed E-state index contributed by atoms with van der Waals surface area (Å²) in [6.07, 6.45) is 1.43. The van der Waals surface area contributed by atoms with Crippen molar-refractivity contribution in [2.75, 3.05) is 26.4 Å². The summed E-state index contributed by atoms with van der Waals surface area (Å²) >= 11 is 0. The van der Waals surface area contributed by atoms with Gasteiger partial charge in [0.15, 0.2) is 0 Å². The van der Waals surface area contributed by atoms with Crippen LogP contribution in [0.3, 0.4) is 0 Å². The summed E-state index contributed by atoms with van der Waals surface area (Å²) in [5.41, 5.74) is 1.72. The number of benzene rings is 2. The summed E-state index contributed by atoms with van der Waals surface area (Å²) in [5.74, 6) is 0.0744. The van der Waals surface area contributed by atoms with Crippen LogP contribution in [0.2, 0.25) is 0 Å². The van der Waals surface area contributed by atoms with Gasteiger partial charge in [-0.2, -0.15) is 0 Å². The molecule has 132 valence electrons. The average molecular weight is 339 g/mol. The van der Waals surface area contributed by atoms with Gasteiger partial charge in [0.1, 0.15) is 0 Å². The first kappa shape index (κ1) is 17.6. The van der Waals surface area contributed by atoms with Crippen molar-refractivity contribution in [3.8, 4) is 0 Å². The molecule has 0 aliphatic carbocycles. The lowest BCUT2D eigenvalue weighted by molar-refractivity contribution is -0.130. The van der Waals surface area contributed by atoms with Gasteiger partial charge >= 0.3 is 0 Å². The van der Waals surface area contributed by atoms with E-state index in [9.17, 15) is 4.79 Å². The quantitative estimate of drug-likeness (QED) is 0.789. The topological polar surface area (TPSA) is 47.6 Å². The highest BCUT2D eigenvalue weighted by Crippen LogP contribution is 2.35. The molecule has 1 aliphatic rings. The Balaban J connectivity index is 1.53. The first-order chi connectivity index (χ1) is 12.3. The molecule has 0 atom stereocenters. The summed E-state index contributed by atoms with van der Waals surface area (Å²) in [5, 5.41) is 3.06. The van der Waals surface area contributed by atoms with E-state index in [1.54, 1.807) is 0 Å². The fraction of sp³-hybridized carbons (Fsp3) is 0.381. The number of rotatable bonds is 7. The molecule has 25 heavy (non-hydrogen) atoms. The van der Waals surface area contributed by atoms with Gasteiger partial charge < -0.3 is 14.8 Å². The van der Waals surface area contributed by atoms with Crippen LogP contribution in [0.1, 0.15) is 24.0 Å². The Hall–Kier alpha value is -2.17. The summed E-state index contributed by atoms with van der Waals surface area (Å²) < 4.78 is 11.1. The largest absolute Gasteiger partial charge is 0.381 e. The van der Waals surface area contributed by atoms with Crippen LogP contribution >= 0.6 is 0 Å². The maximum absolute atomic E-state index is 12.9. The van der Waals surface area contributed by atoms with Crippen LogP contribution < -0.4 is 5.32 Å². The third kappa shape index (κ3) is 4.47. The minimum Gasteiger partial charge on any atom is -0.381 e. The van der Waals surface area contributed by atoms with Crippen molar-refractivity contribution in [1.29, 1.82) is 0 Å². The van der Waals surface area contributed by atoms with Gasteiger partial charge in [0, 0.05) is 19.8 Å². The molecule has 1 N–H and O–H groups in total. The normalized spacial score (nSPS) is 16.3. The SMILES string of the molecule is O=C(NCCOCc1ccccc1)C1(c2ccccc2)CCOCC1. The molecule has 0 radical (unpaired) electrons. The Morgan fingerprint density at radius 1 is 1.00 bits per heavy atom. The fourth-order valence-corrected chi connectivity index (χ4v) is 3.29. The van der Waals surface area contributed by atoms with Crippen LogP contribution in [-0.4, -0.2) is 32.3 Å². The number of carbonyl (C=O) groups excluding carboxylic acids is 1. The van der Waals surface area contributed by atoms with Crippen molar-refractivity contribution in [1.82, 2.24) is 5.32 Å². The van der Waals surface area contributed by atoms with E-state index < -0.39 is 5.41 Å². The highest BCUT2D eigenvalue weighted by atomic mass is 16.5. The number of carbonyl (C=O) groups is 1. The predicted molar refractivity (Wildman–Crippen MR) is 97.3 cm³/mol. The molecule has 1 heterocycles. The molecule has 4 heteroatoms. The molecule has 2 aromatic rings. The van der Waals surface area contributed by atoms with Crippen molar-refractivity contribution in [3.05, 3.63) is 71.8 Å². The zero-order valence-electron chi connectivity index (χ0n) is 14.4. The van der Waals surface area contributed by atoms with Crippen molar-refractivity contribution in [2.24, 2.45) is 0 Å². The van der Waals surface area contributed by atoms with Gasteiger partial charge in [-0.1, -0.05) is 60.7 Å². The van der Waals surface area contributed by atoms with Gasteiger partial charge in [-0.25, -0.2) is 0 Å². The third-order valence-electron chi connectivity index (χ3n) is 4.75. The molecule has 1 saturated heterocycles. The van der Waals surface area contributed by atoms with E-state index in [1.165, 1.54) is 0 Å². The van der Waals surface area contributed by atoms with Crippen LogP contribution in [-0.2, 0) is 26.3 Å². The van der Waals surface area contributed by atoms with Gasteiger partial charge in [-0.3, -0.25) is 4.79 Å². The molecule has 0 aromatic heterocycles. The molecule has 0 spiro atoms. The zero-order chi connectivity index (χ0) is 17.4. The van der Waals surface area contributed by atoms with Gasteiger partial charge in [0.25, 0.3) is 0 Å². The van der Waals surface area contributed by atoms with Crippen LogP contribution in [0.15, 0.2) is 60.7 Å². The number of hydrogen-bond acceptors (Lipinski definition) is 3. The molecule has 4 nitrogen and oxygen atoms in total. The van der Waals surface area contributed by atoms with Gasteiger partial charge in [0.05, 0.1) is 18.6 Å². The first-order valence-electron chi connectivity index (χ1n) is 8.84. The zero-order valence-corrected chi connectivity index (χ0v) is 14.4. The Bertz CT molecular complexity index is 651. The fourth-order valence-electron chi connectivity index (χ4n) is 3.29. The van der Waals surface area contributed by atoms with E-state index in [0.717, 1.165) is 11.1 Å². The average Bonchev–Trinajstić information content (AvgIpc) is 2.69. The third-order valence-corrected chi connectivity index (χ3v) is 4.75. The van der Waals surface area contributed by atoms with Crippen LogP contribution in [0.5, 0.6) is 0 Å². The Labute approximate surface area is 149 Å². The maximum Gasteiger partial charge on any atom is 0.230 e. The Kier molecular flexibility index (Phi) is 6.20. The van der Waals surface area contributed by atoms with Crippen molar-refractivity contribution in [2.45, 2.75) is 24.9 Å². The molecular weight excluding hydrogens is 314 g/mol. The molecule has 0 saturated carbocycles. The van der Waals surface area contributed by atoms with E-state index in [1.807, 2.05) is 60.7 Å². The molecule has 3 rings (SSSR count). The minimum atomic E-state index is -0.487. The lowest BCUT2D eigenvalue weighted by Gasteiger charge is -2.36. The van der Waals surface area contributed by atoms with Crippen molar-refractivity contribution >= 4 is 5.91 Å². The van der Waals surface area contributed by atoms with Crippen LogP contribution in [0.4, 0.5) is 0 Å². The van der Waals surface area contributed by atoms with Crippen molar-refractivity contribution in [3.63, 3.8) is 0 Å². The summed E-state index contributed by atoms with van der Waals surface area (Å²) in [4.78, 5) is 12.9. The van der Waals surface area contributed by atoms with Gasteiger partial charge in [0.2, 0.25) is 5.91 Å². The summed E-state index contributed by atoms with van der Waals surface area (Å²) in [6, 6.07) is 20.1. The van der Waals surface area contributed by atoms with E-state index in [0.29, 0.717) is 45.8 Å². The molecule has 0 bridgehead atoms. The smallest absolute Gasteiger partial charge is 0.230 e. The number of nitrogens with one attached hydrogen (secondary N) is 1. The van der Waals surface area contributed by atoms with E-state index in [2.05, 4.69) is 5.32 Å². The highest BCUT2D eigenvalue weighted by Gasteiger charge is 2.41. The monoisotopic (exact) mass is 339 g/mol. The lowest BCUT2D eigenvalue weighted by atomic mass is 9.73. The summed E-state index contributed by atoms with van der Waals surface area (Å²) in [7, 11) is 0. The summed E-state index contributed by atoms with van der Waals surface area (Å²) in [6.45, 7) is 2.82. The number of ether oxygens (including phenoxy) is 2. The highest BCUT2D eigenvalue weighted by molar-refractivity contribution is 5.88. The lowest BCUT2D eigenvalue weighted by Crippen LogP contribution is -2.48. The van der Waals surface area contributed by atoms with Crippen LogP contribution in [0.25, 0.3) is 0 Å². The van der Waals surface area contributed by atoms with Crippen molar-refractivity contribution < 1.29 is 14.3 Å². The van der Waals surface area contributed by atoms with E-state index in [4.69, 9.17) is 9.47 Å². The Morgan fingerprint density at radius 2 is 1.64 bits per heavy atom. The van der Waals surface area contributed by atoms with Crippen LogP contribution in [0, 0.1) is 0 Å². The van der Waals surface area contributed by atoms with E-state index >= 15 is 0 Å². The number of amides is 1. The predicted octanol–water partition coefficient (Wildman–Crippen LogP) is 3.07. The van der Waals surface area contributed by atoms with E-state index in [-0.39, 0.29) is 5.91 Å². The molecule has 2 aromatic carbocycles. The maximum atomic E-state index is 12.9. The number of hydrogen-bond donors (Lipinski definition) is 1. The minimum absolute atomic E-state index is 0.0744. The molecular formula is C21H25NO3.